The SMILES string of the molecule is CCc1nc2cccc(F)c2nc1O[C@@H]1C[C@H]2C(=O)N[C@]3(C(=O)NS(=O)(=O)C4CC4)C[C@H]3/C=C\CCCCC[C@H](NC(=O)OC(C)(C)C)C(=O)N2C1. The molecule has 5 atom stereocenters. The summed E-state index contributed by atoms with van der Waals surface area (Å²) >= 11 is 0. The Kier molecular flexibility index (Phi) is 10.5. The minimum absolute atomic E-state index is 0.0138. The van der Waals surface area contributed by atoms with Gasteiger partial charge in [0.25, 0.3) is 5.91 Å². The molecule has 2 aliphatic carbocycles. The summed E-state index contributed by atoms with van der Waals surface area (Å²) in [6.07, 6.45) is 6.71. The molecule has 1 aromatic heterocycles. The van der Waals surface area contributed by atoms with Crippen molar-refractivity contribution in [2.45, 2.75) is 126 Å². The van der Waals surface area contributed by atoms with E-state index in [9.17, 15) is 32.0 Å². The van der Waals surface area contributed by atoms with Gasteiger partial charge in [-0.25, -0.2) is 27.6 Å². The minimum Gasteiger partial charge on any atom is -0.471 e. The van der Waals surface area contributed by atoms with E-state index < -0.39 is 80.2 Å². The molecule has 4 amide bonds. The smallest absolute Gasteiger partial charge is 0.408 e. The maximum absolute atomic E-state index is 14.7. The van der Waals surface area contributed by atoms with Crippen molar-refractivity contribution in [1.29, 1.82) is 0 Å². The van der Waals surface area contributed by atoms with Crippen LogP contribution in [0.4, 0.5) is 9.18 Å². The Labute approximate surface area is 302 Å². The number of carbonyl (C=O) groups is 4. The first-order valence-electron chi connectivity index (χ1n) is 18.1. The van der Waals surface area contributed by atoms with Crippen LogP contribution in [-0.4, -0.2) is 88.2 Å². The maximum Gasteiger partial charge on any atom is 0.408 e. The molecule has 6 rings (SSSR count). The van der Waals surface area contributed by atoms with E-state index >= 15 is 0 Å². The van der Waals surface area contributed by atoms with E-state index in [2.05, 4.69) is 25.3 Å². The molecule has 3 N–H and O–H groups in total. The van der Waals surface area contributed by atoms with Crippen molar-refractivity contribution in [3.05, 3.63) is 41.9 Å². The number of fused-ring (bicyclic) bond motifs is 3. The van der Waals surface area contributed by atoms with Gasteiger partial charge in [0.1, 0.15) is 40.5 Å². The highest BCUT2D eigenvalue weighted by atomic mass is 32.2. The quantitative estimate of drug-likeness (QED) is 0.354. The summed E-state index contributed by atoms with van der Waals surface area (Å²) < 4.78 is 54.3. The molecule has 1 aromatic carbocycles. The summed E-state index contributed by atoms with van der Waals surface area (Å²) in [7, 11) is -3.91. The molecule has 1 saturated heterocycles. The van der Waals surface area contributed by atoms with Crippen molar-refractivity contribution in [2.75, 3.05) is 6.54 Å². The molecule has 16 heteroatoms. The fraction of sp³-hybridized carbons (Fsp3) is 0.611. The van der Waals surface area contributed by atoms with Crippen LogP contribution in [0.3, 0.4) is 0 Å². The molecule has 2 saturated carbocycles. The van der Waals surface area contributed by atoms with Gasteiger partial charge in [-0.2, -0.15) is 0 Å². The Morgan fingerprint density at radius 3 is 2.60 bits per heavy atom. The van der Waals surface area contributed by atoms with Gasteiger partial charge in [0.2, 0.25) is 27.7 Å². The first-order chi connectivity index (χ1) is 24.6. The van der Waals surface area contributed by atoms with Gasteiger partial charge < -0.3 is 25.0 Å². The molecule has 4 aliphatic rings. The normalized spacial score (nSPS) is 27.7. The summed E-state index contributed by atoms with van der Waals surface area (Å²) in [6, 6.07) is 2.23. The molecule has 2 aliphatic heterocycles. The number of allylic oxidation sites excluding steroid dienone is 1. The van der Waals surface area contributed by atoms with Gasteiger partial charge in [-0.15, -0.1) is 0 Å². The number of nitrogens with one attached hydrogen (secondary N) is 3. The Balaban J connectivity index is 1.32. The van der Waals surface area contributed by atoms with Crippen molar-refractivity contribution in [3.8, 4) is 5.88 Å². The van der Waals surface area contributed by atoms with Crippen LogP contribution in [0.25, 0.3) is 11.0 Å². The van der Waals surface area contributed by atoms with E-state index in [1.807, 2.05) is 19.1 Å². The lowest BCUT2D eigenvalue weighted by molar-refractivity contribution is -0.141. The number of halogens is 1. The van der Waals surface area contributed by atoms with Gasteiger partial charge >= 0.3 is 6.09 Å². The number of aromatic nitrogens is 2. The zero-order valence-electron chi connectivity index (χ0n) is 29.9. The van der Waals surface area contributed by atoms with Gasteiger partial charge in [-0.1, -0.05) is 38.0 Å². The Bertz CT molecular complexity index is 1880. The van der Waals surface area contributed by atoms with Gasteiger partial charge in [-0.3, -0.25) is 19.1 Å². The molecule has 14 nitrogen and oxygen atoms in total. The third-order valence-electron chi connectivity index (χ3n) is 9.83. The summed E-state index contributed by atoms with van der Waals surface area (Å²) in [5, 5.41) is 4.89. The molecule has 0 radical (unpaired) electrons. The fourth-order valence-corrected chi connectivity index (χ4v) is 8.21. The molecule has 2 aromatic rings. The summed E-state index contributed by atoms with van der Waals surface area (Å²) in [5.41, 5.74) is -1.53. The minimum atomic E-state index is -3.91. The van der Waals surface area contributed by atoms with E-state index in [0.717, 1.165) is 12.8 Å². The second-order valence-electron chi connectivity index (χ2n) is 15.1. The number of alkyl carbamates (subject to hydrolysis) is 1. The van der Waals surface area contributed by atoms with Crippen LogP contribution in [0, 0.1) is 11.7 Å². The Hall–Kier alpha value is -4.34. The van der Waals surface area contributed by atoms with Gasteiger partial charge in [0.15, 0.2) is 5.82 Å². The fourth-order valence-electron chi connectivity index (χ4n) is 6.84. The van der Waals surface area contributed by atoms with Gasteiger partial charge in [-0.05, 0) is 77.8 Å². The van der Waals surface area contributed by atoms with Crippen LogP contribution in [0.5, 0.6) is 5.88 Å². The number of hydrogen-bond acceptors (Lipinski definition) is 10. The lowest BCUT2D eigenvalue weighted by Crippen LogP contribution is -2.58. The average Bonchev–Trinajstić information content (AvgIpc) is 3.99. The lowest BCUT2D eigenvalue weighted by Gasteiger charge is -2.30. The van der Waals surface area contributed by atoms with Crippen molar-refractivity contribution in [2.24, 2.45) is 5.92 Å². The molecule has 0 spiro atoms. The molecule has 3 fully saturated rings. The standard InChI is InChI=1S/C36H47FN6O8S/c1-5-25-31(40-29-24(37)13-11-15-26(29)38-25)50-22-18-28-30(44)41-36(33(46)42-52(48,49)23-16-17-23)19-21(36)12-9-7-6-8-10-14-27(32(45)43(28)20-22)39-34(47)51-35(2,3)4/h9,11-13,15,21-23,27-28H,5-8,10,14,16-20H2,1-4H3,(H,39,47)(H,41,44)(H,42,46)/b12-9-/t21-,22-,27+,28+,36-/m1/s1. The summed E-state index contributed by atoms with van der Waals surface area (Å²) in [5.74, 6) is -3.00. The van der Waals surface area contributed by atoms with Crippen LogP contribution in [0.1, 0.15) is 91.2 Å². The highest BCUT2D eigenvalue weighted by Crippen LogP contribution is 2.46. The molecule has 0 unspecified atom stereocenters. The van der Waals surface area contributed by atoms with Crippen LogP contribution >= 0.6 is 0 Å². The number of hydrogen-bond donors (Lipinski definition) is 3. The highest BCUT2D eigenvalue weighted by molar-refractivity contribution is 7.91. The second-order valence-corrected chi connectivity index (χ2v) is 17.1. The number of benzene rings is 1. The third kappa shape index (κ3) is 8.31. The third-order valence-corrected chi connectivity index (χ3v) is 11.6. The molecular weight excluding hydrogens is 695 g/mol. The summed E-state index contributed by atoms with van der Waals surface area (Å²) in [6.45, 7) is 6.88. The predicted molar refractivity (Wildman–Crippen MR) is 188 cm³/mol. The molecule has 0 bridgehead atoms. The largest absolute Gasteiger partial charge is 0.471 e. The molecule has 52 heavy (non-hydrogen) atoms. The zero-order valence-corrected chi connectivity index (χ0v) is 30.8. The topological polar surface area (TPSA) is 186 Å². The van der Waals surface area contributed by atoms with Crippen LogP contribution < -0.4 is 20.1 Å². The van der Waals surface area contributed by atoms with Crippen LogP contribution in [0.15, 0.2) is 30.4 Å². The van der Waals surface area contributed by atoms with E-state index in [1.165, 1.54) is 17.0 Å². The van der Waals surface area contributed by atoms with Crippen molar-refractivity contribution >= 4 is 44.9 Å². The van der Waals surface area contributed by atoms with E-state index in [1.54, 1.807) is 26.8 Å². The number of aryl methyl sites for hydroxylation is 1. The van der Waals surface area contributed by atoms with E-state index in [4.69, 9.17) is 9.47 Å². The van der Waals surface area contributed by atoms with E-state index in [0.29, 0.717) is 43.3 Å². The van der Waals surface area contributed by atoms with E-state index in [-0.39, 0.29) is 37.2 Å². The van der Waals surface area contributed by atoms with Crippen molar-refractivity contribution in [3.63, 3.8) is 0 Å². The predicted octanol–water partition coefficient (Wildman–Crippen LogP) is 3.58. The molecule has 3 heterocycles. The number of nitrogens with zero attached hydrogens (tertiary/aromatic N) is 3. The Morgan fingerprint density at radius 1 is 1.12 bits per heavy atom. The number of rotatable bonds is 7. The van der Waals surface area contributed by atoms with Crippen molar-refractivity contribution in [1.82, 2.24) is 30.2 Å². The lowest BCUT2D eigenvalue weighted by atomic mass is 10.0. The number of amides is 4. The van der Waals surface area contributed by atoms with Gasteiger partial charge in [0.05, 0.1) is 17.3 Å². The number of ether oxygens (including phenoxy) is 2. The number of sulfonamides is 1. The monoisotopic (exact) mass is 742 g/mol. The van der Waals surface area contributed by atoms with Crippen molar-refractivity contribution < 1.29 is 41.5 Å². The zero-order chi connectivity index (χ0) is 37.4. The van der Waals surface area contributed by atoms with Crippen LogP contribution in [-0.2, 0) is 35.6 Å². The average molecular weight is 743 g/mol. The molecular formula is C36H47FN6O8S. The number of carbonyl (C=O) groups excluding carboxylic acids is 4. The highest BCUT2D eigenvalue weighted by Gasteiger charge is 2.62. The Morgan fingerprint density at radius 2 is 1.88 bits per heavy atom. The maximum atomic E-state index is 14.7. The molecule has 282 valence electrons. The second kappa shape index (κ2) is 14.6. The van der Waals surface area contributed by atoms with Gasteiger partial charge in [0, 0.05) is 12.3 Å². The summed E-state index contributed by atoms with van der Waals surface area (Å²) in [4.78, 5) is 65.6. The first-order valence-corrected chi connectivity index (χ1v) is 19.6. The van der Waals surface area contributed by atoms with Crippen LogP contribution in [0.2, 0.25) is 0 Å². The number of para-hydroxylation sites is 1. The first kappa shape index (κ1) is 37.4.